The highest BCUT2D eigenvalue weighted by atomic mass is 127. The predicted octanol–water partition coefficient (Wildman–Crippen LogP) is 2.72. The van der Waals surface area contributed by atoms with Crippen LogP contribution in [0.25, 0.3) is 0 Å². The second-order valence-electron chi connectivity index (χ2n) is 6.25. The van der Waals surface area contributed by atoms with Crippen molar-refractivity contribution in [2.24, 2.45) is 0 Å². The van der Waals surface area contributed by atoms with E-state index in [-0.39, 0.29) is 13.0 Å². The van der Waals surface area contributed by atoms with Crippen molar-refractivity contribution in [3.63, 3.8) is 0 Å². The maximum Gasteiger partial charge on any atom is 0.408 e. The van der Waals surface area contributed by atoms with Crippen LogP contribution in [-0.2, 0) is 36.9 Å². The molecule has 0 saturated carbocycles. The molecule has 9 heteroatoms. The number of amides is 1. The highest BCUT2D eigenvalue weighted by Crippen LogP contribution is 2.12. The first kappa shape index (κ1) is 23.3. The van der Waals surface area contributed by atoms with Gasteiger partial charge in [-0.3, -0.25) is 14.4 Å². The largest absolute Gasteiger partial charge is 0.481 e. The standard InChI is InChI=1S/C21H20INO7/c22-16-9-5-4-8-15(16)10-20(27)29-13-18(24)17(11-19(25)26)23-21(28)30-12-14-6-2-1-3-7-14/h1-9,17H,10-13H2,(H,23,28)(H,25,26). The molecular weight excluding hydrogens is 505 g/mol. The summed E-state index contributed by atoms with van der Waals surface area (Å²) < 4.78 is 10.8. The third-order valence-corrected chi connectivity index (χ3v) is 4.99. The van der Waals surface area contributed by atoms with Crippen LogP contribution < -0.4 is 5.32 Å². The molecule has 2 N–H and O–H groups in total. The van der Waals surface area contributed by atoms with Gasteiger partial charge in [-0.25, -0.2) is 4.79 Å². The molecule has 158 valence electrons. The number of carboxylic acid groups (broad SMARTS) is 1. The van der Waals surface area contributed by atoms with E-state index >= 15 is 0 Å². The van der Waals surface area contributed by atoms with Crippen LogP contribution >= 0.6 is 22.6 Å². The van der Waals surface area contributed by atoms with Crippen LogP contribution in [0.5, 0.6) is 0 Å². The molecule has 0 saturated heterocycles. The van der Waals surface area contributed by atoms with Crippen molar-refractivity contribution >= 4 is 46.4 Å². The minimum atomic E-state index is -1.38. The normalized spacial score (nSPS) is 11.2. The lowest BCUT2D eigenvalue weighted by molar-refractivity contribution is -0.148. The number of hydrogen-bond acceptors (Lipinski definition) is 6. The average Bonchev–Trinajstić information content (AvgIpc) is 2.72. The van der Waals surface area contributed by atoms with Crippen LogP contribution in [0.1, 0.15) is 17.5 Å². The van der Waals surface area contributed by atoms with Gasteiger partial charge in [-0.05, 0) is 39.8 Å². The van der Waals surface area contributed by atoms with Crippen molar-refractivity contribution in [2.75, 3.05) is 6.61 Å². The van der Waals surface area contributed by atoms with Crippen molar-refractivity contribution < 1.29 is 33.8 Å². The van der Waals surface area contributed by atoms with Gasteiger partial charge in [-0.1, -0.05) is 48.5 Å². The molecule has 0 fully saturated rings. The molecule has 30 heavy (non-hydrogen) atoms. The van der Waals surface area contributed by atoms with Gasteiger partial charge in [0.1, 0.15) is 12.6 Å². The second kappa shape index (κ2) is 11.9. The summed E-state index contributed by atoms with van der Waals surface area (Å²) in [6.07, 6.45) is -1.63. The number of nitrogens with one attached hydrogen (secondary N) is 1. The number of halogens is 1. The summed E-state index contributed by atoms with van der Waals surface area (Å²) in [6.45, 7) is -0.690. The lowest BCUT2D eigenvalue weighted by atomic mass is 10.1. The minimum absolute atomic E-state index is 0.0253. The van der Waals surface area contributed by atoms with E-state index in [2.05, 4.69) is 27.9 Å². The first-order valence-corrected chi connectivity index (χ1v) is 10.0. The molecule has 2 aromatic rings. The molecule has 0 bridgehead atoms. The van der Waals surface area contributed by atoms with Crippen molar-refractivity contribution in [1.82, 2.24) is 5.32 Å². The van der Waals surface area contributed by atoms with Crippen molar-refractivity contribution in [3.8, 4) is 0 Å². The number of rotatable bonds is 10. The Kier molecular flexibility index (Phi) is 9.26. The van der Waals surface area contributed by atoms with E-state index in [1.165, 1.54) is 0 Å². The number of ether oxygens (including phenoxy) is 2. The number of aliphatic carboxylic acids is 1. The van der Waals surface area contributed by atoms with E-state index in [0.29, 0.717) is 0 Å². The van der Waals surface area contributed by atoms with Gasteiger partial charge in [-0.2, -0.15) is 0 Å². The molecule has 1 atom stereocenters. The number of Topliss-reactive ketones (excluding diaryl/α,β-unsaturated/α-hetero) is 1. The number of carbonyl (C=O) groups is 4. The van der Waals surface area contributed by atoms with Gasteiger partial charge < -0.3 is 19.9 Å². The highest BCUT2D eigenvalue weighted by molar-refractivity contribution is 14.1. The summed E-state index contributed by atoms with van der Waals surface area (Å²) in [5, 5.41) is 11.2. The summed E-state index contributed by atoms with van der Waals surface area (Å²) in [5.41, 5.74) is 1.48. The first-order chi connectivity index (χ1) is 14.3. The molecule has 1 unspecified atom stereocenters. The Hall–Kier alpha value is -2.95. The van der Waals surface area contributed by atoms with Gasteiger partial charge in [0.15, 0.2) is 12.4 Å². The van der Waals surface area contributed by atoms with E-state index < -0.39 is 42.9 Å². The molecule has 0 aliphatic rings. The molecule has 0 aromatic heterocycles. The van der Waals surface area contributed by atoms with E-state index in [1.54, 1.807) is 36.4 Å². The minimum Gasteiger partial charge on any atom is -0.481 e. The average molecular weight is 525 g/mol. The monoisotopic (exact) mass is 525 g/mol. The molecular formula is C21H20INO7. The lowest BCUT2D eigenvalue weighted by Gasteiger charge is -2.16. The quantitative estimate of drug-likeness (QED) is 0.362. The molecule has 0 radical (unpaired) electrons. The fourth-order valence-electron chi connectivity index (χ4n) is 2.43. The lowest BCUT2D eigenvalue weighted by Crippen LogP contribution is -2.44. The zero-order valence-electron chi connectivity index (χ0n) is 15.9. The maximum atomic E-state index is 12.3. The fourth-order valence-corrected chi connectivity index (χ4v) is 3.01. The van der Waals surface area contributed by atoms with Gasteiger partial charge in [0.05, 0.1) is 12.8 Å². The van der Waals surface area contributed by atoms with E-state index in [4.69, 9.17) is 14.6 Å². The van der Waals surface area contributed by atoms with Crippen molar-refractivity contribution in [2.45, 2.75) is 25.5 Å². The number of carboxylic acids is 1. The van der Waals surface area contributed by atoms with Gasteiger partial charge in [0.25, 0.3) is 0 Å². The van der Waals surface area contributed by atoms with Crippen molar-refractivity contribution in [1.29, 1.82) is 0 Å². The summed E-state index contributed by atoms with van der Waals surface area (Å²) in [5.74, 6) is -2.67. The fraction of sp³-hybridized carbons (Fsp3) is 0.238. The number of alkyl carbamates (subject to hydrolysis) is 1. The Bertz CT molecular complexity index is 901. The summed E-state index contributed by atoms with van der Waals surface area (Å²) >= 11 is 2.08. The number of hydrogen-bond donors (Lipinski definition) is 2. The van der Waals surface area contributed by atoms with Gasteiger partial charge in [0.2, 0.25) is 0 Å². The molecule has 2 rings (SSSR count). The first-order valence-electron chi connectivity index (χ1n) is 8.96. The summed E-state index contributed by atoms with van der Waals surface area (Å²) in [6, 6.07) is 14.7. The predicted molar refractivity (Wildman–Crippen MR) is 115 cm³/mol. The molecule has 0 heterocycles. The Morgan fingerprint density at radius 2 is 1.63 bits per heavy atom. The van der Waals surface area contributed by atoms with Crippen LogP contribution in [0.3, 0.4) is 0 Å². The zero-order chi connectivity index (χ0) is 21.9. The van der Waals surface area contributed by atoms with Crippen LogP contribution in [0.15, 0.2) is 54.6 Å². The van der Waals surface area contributed by atoms with Crippen LogP contribution in [0.4, 0.5) is 4.79 Å². The molecule has 8 nitrogen and oxygen atoms in total. The highest BCUT2D eigenvalue weighted by Gasteiger charge is 2.25. The maximum absolute atomic E-state index is 12.3. The third kappa shape index (κ3) is 8.19. The van der Waals surface area contributed by atoms with Crippen LogP contribution in [-0.4, -0.2) is 41.6 Å². The number of benzene rings is 2. The molecule has 0 aliphatic carbocycles. The molecule has 0 aliphatic heterocycles. The molecule has 1 amide bonds. The Morgan fingerprint density at radius 3 is 2.30 bits per heavy atom. The summed E-state index contributed by atoms with van der Waals surface area (Å²) in [4.78, 5) is 47.3. The topological polar surface area (TPSA) is 119 Å². The van der Waals surface area contributed by atoms with Crippen molar-refractivity contribution in [3.05, 3.63) is 69.3 Å². The van der Waals surface area contributed by atoms with Crippen LogP contribution in [0, 0.1) is 3.57 Å². The van der Waals surface area contributed by atoms with Crippen LogP contribution in [0.2, 0.25) is 0 Å². The molecule has 2 aromatic carbocycles. The number of esters is 1. The van der Waals surface area contributed by atoms with Gasteiger partial charge >= 0.3 is 18.0 Å². The number of carbonyl (C=O) groups excluding carboxylic acids is 3. The van der Waals surface area contributed by atoms with E-state index in [0.717, 1.165) is 14.7 Å². The second-order valence-corrected chi connectivity index (χ2v) is 7.41. The van der Waals surface area contributed by atoms with Gasteiger partial charge in [0, 0.05) is 3.57 Å². The van der Waals surface area contributed by atoms with E-state index in [1.807, 2.05) is 18.2 Å². The number of ketones is 1. The van der Waals surface area contributed by atoms with E-state index in [9.17, 15) is 19.2 Å². The Morgan fingerprint density at radius 1 is 0.967 bits per heavy atom. The Labute approximate surface area is 186 Å². The SMILES string of the molecule is O=C(O)CC(NC(=O)OCc1ccccc1)C(=O)COC(=O)Cc1ccccc1I. The third-order valence-electron chi connectivity index (χ3n) is 3.94. The zero-order valence-corrected chi connectivity index (χ0v) is 18.0. The smallest absolute Gasteiger partial charge is 0.408 e. The molecule has 0 spiro atoms. The van der Waals surface area contributed by atoms with Gasteiger partial charge in [-0.15, -0.1) is 0 Å². The summed E-state index contributed by atoms with van der Waals surface area (Å²) in [7, 11) is 0. The Balaban J connectivity index is 1.86.